The largest absolute Gasteiger partial charge is 0.489 e. The van der Waals surface area contributed by atoms with E-state index in [1.165, 1.54) is 0 Å². The number of methoxy groups -OCH3 is 1. The number of ether oxygens (including phenoxy) is 4. The molecule has 3 fully saturated rings. The first-order valence-corrected chi connectivity index (χ1v) is 13.7. The molecule has 1 aromatic carbocycles. The van der Waals surface area contributed by atoms with Crippen molar-refractivity contribution in [2.45, 2.75) is 25.0 Å². The molecule has 0 saturated carbocycles. The summed E-state index contributed by atoms with van der Waals surface area (Å²) in [5, 5.41) is 12.9. The second kappa shape index (κ2) is 12.0. The van der Waals surface area contributed by atoms with Gasteiger partial charge in [0.05, 0.1) is 50.8 Å². The van der Waals surface area contributed by atoms with Gasteiger partial charge in [-0.05, 0) is 36.4 Å². The number of aromatic nitrogens is 3. The molecular formula is C29H33N7O4. The van der Waals surface area contributed by atoms with Gasteiger partial charge in [0.2, 0.25) is 11.8 Å². The Hall–Kier alpha value is -3.98. The number of nitrogens with one attached hydrogen (secondary N) is 1. The van der Waals surface area contributed by atoms with Crippen molar-refractivity contribution in [1.29, 1.82) is 5.26 Å². The molecule has 0 amide bonds. The molecule has 0 aliphatic carbocycles. The lowest BCUT2D eigenvalue weighted by Crippen LogP contribution is -2.56. The summed E-state index contributed by atoms with van der Waals surface area (Å²) in [6.45, 7) is 6.85. The average molecular weight is 544 g/mol. The number of rotatable bonds is 8. The van der Waals surface area contributed by atoms with Gasteiger partial charge in [-0.15, -0.1) is 0 Å². The average Bonchev–Trinajstić information content (AvgIpc) is 2.97. The molecule has 11 heteroatoms. The monoisotopic (exact) mass is 543 g/mol. The van der Waals surface area contributed by atoms with Crippen LogP contribution in [0, 0.1) is 11.3 Å². The summed E-state index contributed by atoms with van der Waals surface area (Å²) in [4.78, 5) is 18.5. The summed E-state index contributed by atoms with van der Waals surface area (Å²) in [6.07, 6.45) is 3.38. The Bertz CT molecular complexity index is 1360. The van der Waals surface area contributed by atoms with Crippen molar-refractivity contribution < 1.29 is 18.9 Å². The maximum atomic E-state index is 9.76. The van der Waals surface area contributed by atoms with E-state index in [4.69, 9.17) is 18.9 Å². The summed E-state index contributed by atoms with van der Waals surface area (Å²) in [7, 11) is 1.64. The molecule has 40 heavy (non-hydrogen) atoms. The summed E-state index contributed by atoms with van der Waals surface area (Å²) >= 11 is 0. The van der Waals surface area contributed by atoms with Gasteiger partial charge < -0.3 is 29.2 Å². The molecule has 0 atom stereocenters. The van der Waals surface area contributed by atoms with Crippen molar-refractivity contribution in [3.63, 3.8) is 0 Å². The lowest BCUT2D eigenvalue weighted by Gasteiger charge is -2.43. The van der Waals surface area contributed by atoms with E-state index in [0.29, 0.717) is 53.9 Å². The number of nitrogens with zero attached hydrogens (tertiary/aromatic N) is 6. The van der Waals surface area contributed by atoms with Crippen molar-refractivity contribution in [2.24, 2.45) is 0 Å². The van der Waals surface area contributed by atoms with E-state index >= 15 is 0 Å². The molecule has 2 aromatic heterocycles. The molecule has 208 valence electrons. The van der Waals surface area contributed by atoms with Gasteiger partial charge in [-0.25, -0.2) is 9.97 Å². The Morgan fingerprint density at radius 2 is 1.82 bits per heavy atom. The van der Waals surface area contributed by atoms with Crippen LogP contribution in [0.25, 0.3) is 11.3 Å². The summed E-state index contributed by atoms with van der Waals surface area (Å²) in [6, 6.07) is 14.1. The summed E-state index contributed by atoms with van der Waals surface area (Å²) < 4.78 is 22.5. The highest BCUT2D eigenvalue weighted by Crippen LogP contribution is 2.31. The molecule has 5 heterocycles. The quantitative estimate of drug-likeness (QED) is 0.451. The molecule has 3 aliphatic rings. The van der Waals surface area contributed by atoms with Crippen molar-refractivity contribution in [2.75, 3.05) is 69.9 Å². The molecule has 0 unspecified atom stereocenters. The Morgan fingerprint density at radius 1 is 1.00 bits per heavy atom. The van der Waals surface area contributed by atoms with Gasteiger partial charge in [-0.2, -0.15) is 10.2 Å². The van der Waals surface area contributed by atoms with Gasteiger partial charge in [0, 0.05) is 50.8 Å². The number of anilines is 3. The molecule has 0 spiro atoms. The van der Waals surface area contributed by atoms with Gasteiger partial charge in [0.25, 0.3) is 0 Å². The Balaban J connectivity index is 1.14. The number of hydrogen-bond acceptors (Lipinski definition) is 11. The Kier molecular flexibility index (Phi) is 7.90. The normalized spacial score (nSPS) is 18.6. The summed E-state index contributed by atoms with van der Waals surface area (Å²) in [5.41, 5.74) is 2.93. The van der Waals surface area contributed by atoms with Crippen LogP contribution in [-0.4, -0.2) is 91.7 Å². The van der Waals surface area contributed by atoms with Crippen LogP contribution in [0.4, 0.5) is 17.5 Å². The van der Waals surface area contributed by atoms with E-state index in [-0.39, 0.29) is 6.10 Å². The third-order valence-corrected chi connectivity index (χ3v) is 7.58. The van der Waals surface area contributed by atoms with Crippen LogP contribution in [0.3, 0.4) is 0 Å². The highest BCUT2D eigenvalue weighted by Gasteiger charge is 2.29. The van der Waals surface area contributed by atoms with E-state index in [1.54, 1.807) is 19.4 Å². The van der Waals surface area contributed by atoms with Gasteiger partial charge in [-0.3, -0.25) is 4.90 Å². The fraction of sp³-hybridized carbons (Fsp3) is 0.448. The van der Waals surface area contributed by atoms with Crippen molar-refractivity contribution in [3.8, 4) is 29.0 Å². The van der Waals surface area contributed by atoms with Gasteiger partial charge in [0.15, 0.2) is 0 Å². The molecule has 1 N–H and O–H groups in total. The minimum Gasteiger partial charge on any atom is -0.489 e. The number of pyridine rings is 1. The van der Waals surface area contributed by atoms with E-state index in [0.717, 1.165) is 63.5 Å². The van der Waals surface area contributed by atoms with Crippen LogP contribution in [0.2, 0.25) is 0 Å². The van der Waals surface area contributed by atoms with E-state index in [9.17, 15) is 5.26 Å². The maximum absolute atomic E-state index is 9.76. The minimum absolute atomic E-state index is 0.0597. The molecular weight excluding hydrogens is 510 g/mol. The minimum atomic E-state index is 0.0597. The maximum Gasteiger partial charge on any atom is 0.239 e. The zero-order valence-corrected chi connectivity index (χ0v) is 22.6. The van der Waals surface area contributed by atoms with Crippen LogP contribution in [0.15, 0.2) is 42.6 Å². The highest BCUT2D eigenvalue weighted by atomic mass is 16.5. The SMILES string of the molecule is COc1nc(Nc2nccc(-c3ccc(OC4CCOCC4)c(C#N)c3)n2)ccc1N1CCN(C2COC2)CC1. The Morgan fingerprint density at radius 3 is 2.55 bits per heavy atom. The second-order valence-corrected chi connectivity index (χ2v) is 10.1. The fourth-order valence-electron chi connectivity index (χ4n) is 5.20. The third kappa shape index (κ3) is 5.79. The Labute approximate surface area is 233 Å². The molecule has 0 radical (unpaired) electrons. The number of nitriles is 1. The topological polar surface area (TPSA) is 118 Å². The standard InChI is InChI=1S/C29H33N7O4/c1-37-28-25(36-12-10-35(11-13-36)22-18-39-19-22)3-5-27(33-28)34-29-31-9-6-24(32-29)20-2-4-26(21(16-20)17-30)40-23-7-14-38-15-8-23/h2-6,9,16,22-23H,7-8,10-15,18-19H2,1H3,(H,31,32,33,34). The van der Waals surface area contributed by atoms with E-state index < -0.39 is 0 Å². The zero-order chi connectivity index (χ0) is 27.3. The molecule has 6 rings (SSSR count). The first-order valence-electron chi connectivity index (χ1n) is 13.7. The number of hydrogen-bond donors (Lipinski definition) is 1. The molecule has 11 nitrogen and oxygen atoms in total. The predicted molar refractivity (Wildman–Crippen MR) is 149 cm³/mol. The lowest BCUT2D eigenvalue weighted by molar-refractivity contribution is -0.0660. The summed E-state index contributed by atoms with van der Waals surface area (Å²) in [5.74, 6) is 2.12. The van der Waals surface area contributed by atoms with Gasteiger partial charge in [0.1, 0.15) is 29.4 Å². The van der Waals surface area contributed by atoms with Crippen LogP contribution in [0.5, 0.6) is 11.6 Å². The molecule has 3 saturated heterocycles. The number of piperazine rings is 1. The highest BCUT2D eigenvalue weighted by molar-refractivity contribution is 5.66. The van der Waals surface area contributed by atoms with Crippen LogP contribution < -0.4 is 19.7 Å². The number of benzene rings is 1. The third-order valence-electron chi connectivity index (χ3n) is 7.58. The lowest BCUT2D eigenvalue weighted by atomic mass is 10.1. The molecule has 3 aliphatic heterocycles. The van der Waals surface area contributed by atoms with E-state index in [1.807, 2.05) is 30.3 Å². The van der Waals surface area contributed by atoms with Crippen LogP contribution >= 0.6 is 0 Å². The zero-order valence-electron chi connectivity index (χ0n) is 22.6. The van der Waals surface area contributed by atoms with Crippen LogP contribution in [0.1, 0.15) is 18.4 Å². The first kappa shape index (κ1) is 26.3. The predicted octanol–water partition coefficient (Wildman–Crippen LogP) is 3.24. The van der Waals surface area contributed by atoms with Crippen molar-refractivity contribution in [1.82, 2.24) is 19.9 Å². The van der Waals surface area contributed by atoms with Gasteiger partial charge >= 0.3 is 0 Å². The molecule has 0 bridgehead atoms. The van der Waals surface area contributed by atoms with Crippen molar-refractivity contribution in [3.05, 3.63) is 48.2 Å². The second-order valence-electron chi connectivity index (χ2n) is 10.1. The van der Waals surface area contributed by atoms with Gasteiger partial charge in [-0.1, -0.05) is 0 Å². The fourth-order valence-corrected chi connectivity index (χ4v) is 5.20. The first-order chi connectivity index (χ1) is 19.7. The van der Waals surface area contributed by atoms with E-state index in [2.05, 4.69) is 36.1 Å². The van der Waals surface area contributed by atoms with Crippen LogP contribution in [-0.2, 0) is 9.47 Å². The smallest absolute Gasteiger partial charge is 0.239 e. The molecule has 3 aromatic rings. The van der Waals surface area contributed by atoms with Crippen molar-refractivity contribution >= 4 is 17.5 Å².